The van der Waals surface area contributed by atoms with Gasteiger partial charge in [0.15, 0.2) is 11.4 Å². The van der Waals surface area contributed by atoms with Crippen LogP contribution in [0.2, 0.25) is 0 Å². The number of para-hydroxylation sites is 3. The van der Waals surface area contributed by atoms with E-state index in [-0.39, 0.29) is 0 Å². The highest BCUT2D eigenvalue weighted by Crippen LogP contribution is 2.26. The molecule has 5 rings (SSSR count). The van der Waals surface area contributed by atoms with Gasteiger partial charge in [-0.05, 0) is 43.7 Å². The molecule has 0 aliphatic carbocycles. The summed E-state index contributed by atoms with van der Waals surface area (Å²) in [4.78, 5) is 9.25. The molecule has 0 saturated carbocycles. The fraction of sp³-hybridized carbons (Fsp3) is 0.0952. The molecule has 0 aliphatic rings. The zero-order valence-corrected chi connectivity index (χ0v) is 15.0. The van der Waals surface area contributed by atoms with Gasteiger partial charge in [-0.3, -0.25) is 5.32 Å². The smallest absolute Gasteiger partial charge is 0.301 e. The number of nitrogens with zero attached hydrogens (tertiary/aromatic N) is 4. The van der Waals surface area contributed by atoms with Gasteiger partial charge in [0.05, 0.1) is 11.2 Å². The average Bonchev–Trinajstić information content (AvgIpc) is 3.24. The molecule has 1 N–H and O–H groups in total. The van der Waals surface area contributed by atoms with E-state index in [9.17, 15) is 0 Å². The van der Waals surface area contributed by atoms with Gasteiger partial charge >= 0.3 is 6.01 Å². The van der Waals surface area contributed by atoms with Gasteiger partial charge in [-0.1, -0.05) is 30.3 Å². The van der Waals surface area contributed by atoms with Crippen LogP contribution in [0.15, 0.2) is 65.1 Å². The Kier molecular flexibility index (Phi) is 3.43. The maximum atomic E-state index is 5.78. The van der Waals surface area contributed by atoms with Crippen LogP contribution in [0.3, 0.4) is 0 Å². The third-order valence-corrected chi connectivity index (χ3v) is 4.49. The van der Waals surface area contributed by atoms with E-state index in [1.54, 1.807) is 4.68 Å². The summed E-state index contributed by atoms with van der Waals surface area (Å²) in [5.41, 5.74) is 4.51. The third kappa shape index (κ3) is 2.71. The number of oxazole rings is 1. The number of benzene rings is 2. The van der Waals surface area contributed by atoms with E-state index in [1.165, 1.54) is 0 Å². The summed E-state index contributed by atoms with van der Waals surface area (Å²) in [7, 11) is 0. The van der Waals surface area contributed by atoms with Gasteiger partial charge in [-0.15, -0.1) is 0 Å². The van der Waals surface area contributed by atoms with Crippen LogP contribution in [0.1, 0.15) is 11.3 Å². The quantitative estimate of drug-likeness (QED) is 0.497. The molecule has 3 heterocycles. The number of pyridine rings is 1. The highest BCUT2D eigenvalue weighted by Gasteiger charge is 2.14. The lowest BCUT2D eigenvalue weighted by molar-refractivity contribution is 0.621. The van der Waals surface area contributed by atoms with Crippen molar-refractivity contribution in [3.8, 4) is 5.82 Å². The maximum Gasteiger partial charge on any atom is 0.301 e. The molecule has 6 heteroatoms. The van der Waals surface area contributed by atoms with Crippen molar-refractivity contribution in [3.63, 3.8) is 0 Å². The Bertz CT molecular complexity index is 1250. The Morgan fingerprint density at radius 2 is 1.67 bits per heavy atom. The molecule has 0 atom stereocenters. The van der Waals surface area contributed by atoms with Crippen LogP contribution in [-0.4, -0.2) is 19.7 Å². The van der Waals surface area contributed by atoms with E-state index in [2.05, 4.69) is 28.4 Å². The lowest BCUT2D eigenvalue weighted by Crippen LogP contribution is -2.05. The van der Waals surface area contributed by atoms with Crippen LogP contribution in [0.5, 0.6) is 0 Å². The summed E-state index contributed by atoms with van der Waals surface area (Å²) >= 11 is 0. The Balaban J connectivity index is 1.60. The van der Waals surface area contributed by atoms with Crippen molar-refractivity contribution >= 4 is 33.8 Å². The molecule has 0 unspecified atom stereocenters. The van der Waals surface area contributed by atoms with Gasteiger partial charge < -0.3 is 4.42 Å². The van der Waals surface area contributed by atoms with E-state index < -0.39 is 0 Å². The van der Waals surface area contributed by atoms with Gasteiger partial charge in [0.25, 0.3) is 0 Å². The number of hydrogen-bond acceptors (Lipinski definition) is 5. The van der Waals surface area contributed by atoms with Gasteiger partial charge in [0, 0.05) is 11.5 Å². The molecule has 132 valence electrons. The molecule has 0 saturated heterocycles. The fourth-order valence-electron chi connectivity index (χ4n) is 3.24. The van der Waals surface area contributed by atoms with E-state index in [0.717, 1.165) is 44.9 Å². The second-order valence-electron chi connectivity index (χ2n) is 6.51. The summed E-state index contributed by atoms with van der Waals surface area (Å²) in [6.45, 7) is 4.03. The summed E-state index contributed by atoms with van der Waals surface area (Å²) in [5.74, 6) is 1.50. The Hall–Kier alpha value is -3.67. The van der Waals surface area contributed by atoms with Crippen LogP contribution >= 0.6 is 0 Å². The van der Waals surface area contributed by atoms with Gasteiger partial charge in [-0.25, -0.2) is 4.98 Å². The largest absolute Gasteiger partial charge is 0.423 e. The number of hydrogen-bond donors (Lipinski definition) is 1. The van der Waals surface area contributed by atoms with Gasteiger partial charge in [0.1, 0.15) is 11.3 Å². The lowest BCUT2D eigenvalue weighted by Gasteiger charge is -2.09. The Labute approximate surface area is 155 Å². The van der Waals surface area contributed by atoms with Crippen LogP contribution in [-0.2, 0) is 0 Å². The van der Waals surface area contributed by atoms with E-state index >= 15 is 0 Å². The van der Waals surface area contributed by atoms with Gasteiger partial charge in [0.2, 0.25) is 0 Å². The molecule has 5 aromatic rings. The first-order valence-electron chi connectivity index (χ1n) is 8.73. The van der Waals surface area contributed by atoms with Crippen molar-refractivity contribution in [2.24, 2.45) is 0 Å². The first-order chi connectivity index (χ1) is 13.2. The van der Waals surface area contributed by atoms with E-state index in [4.69, 9.17) is 9.40 Å². The third-order valence-electron chi connectivity index (χ3n) is 4.49. The van der Waals surface area contributed by atoms with Crippen LogP contribution in [0.4, 0.5) is 11.8 Å². The summed E-state index contributed by atoms with van der Waals surface area (Å²) in [6.07, 6.45) is 0. The molecule has 6 nitrogen and oxygen atoms in total. The van der Waals surface area contributed by atoms with Crippen LogP contribution < -0.4 is 5.32 Å². The van der Waals surface area contributed by atoms with Crippen molar-refractivity contribution in [2.45, 2.75) is 13.8 Å². The molecule has 0 fully saturated rings. The first-order valence-corrected chi connectivity index (χ1v) is 8.73. The second-order valence-corrected chi connectivity index (χ2v) is 6.51. The summed E-state index contributed by atoms with van der Waals surface area (Å²) < 4.78 is 7.56. The molecular formula is C21H17N5O. The zero-order valence-electron chi connectivity index (χ0n) is 15.0. The minimum absolute atomic E-state index is 0.426. The minimum atomic E-state index is 0.426. The first kappa shape index (κ1) is 15.6. The summed E-state index contributed by atoms with van der Waals surface area (Å²) in [5, 5.41) is 8.97. The molecule has 3 aromatic heterocycles. The number of aryl methyl sites for hydroxylation is 2. The number of fused-ring (bicyclic) bond motifs is 2. The highest BCUT2D eigenvalue weighted by molar-refractivity contribution is 5.83. The molecule has 0 radical (unpaired) electrons. The number of nitrogens with one attached hydrogen (secondary N) is 1. The summed E-state index contributed by atoms with van der Waals surface area (Å²) in [6, 6.07) is 20.2. The van der Waals surface area contributed by atoms with Crippen molar-refractivity contribution in [1.82, 2.24) is 19.7 Å². The predicted octanol–water partition coefficient (Wildman–Crippen LogP) is 4.92. The molecule has 27 heavy (non-hydrogen) atoms. The maximum absolute atomic E-state index is 5.78. The molecule has 0 amide bonds. The number of rotatable bonds is 3. The van der Waals surface area contributed by atoms with Gasteiger partial charge in [-0.2, -0.15) is 14.8 Å². The molecule has 0 spiro atoms. The lowest BCUT2D eigenvalue weighted by atomic mass is 10.1. The SMILES string of the molecule is Cc1cc(Nc2nc3ccccc3o2)n(-c2cc(C)c3ccccc3n2)n1. The van der Waals surface area contributed by atoms with Crippen LogP contribution in [0, 0.1) is 13.8 Å². The normalized spacial score (nSPS) is 11.3. The van der Waals surface area contributed by atoms with Crippen molar-refractivity contribution < 1.29 is 4.42 Å². The highest BCUT2D eigenvalue weighted by atomic mass is 16.4. The number of aromatic nitrogens is 4. The second kappa shape index (κ2) is 5.95. The van der Waals surface area contributed by atoms with E-state index in [0.29, 0.717) is 6.01 Å². The molecule has 0 aliphatic heterocycles. The van der Waals surface area contributed by atoms with Crippen LogP contribution in [0.25, 0.3) is 27.8 Å². The van der Waals surface area contributed by atoms with Crippen molar-refractivity contribution in [1.29, 1.82) is 0 Å². The van der Waals surface area contributed by atoms with E-state index in [1.807, 2.05) is 61.5 Å². The molecular weight excluding hydrogens is 338 g/mol. The fourth-order valence-corrected chi connectivity index (χ4v) is 3.24. The standard InChI is InChI=1S/C21H17N5O/c1-13-11-19(22-16-8-4-3-7-15(13)16)26-20(12-14(2)25-26)24-21-23-17-9-5-6-10-18(17)27-21/h3-12H,1-2H3,(H,23,24). The number of anilines is 2. The minimum Gasteiger partial charge on any atom is -0.423 e. The molecule has 0 bridgehead atoms. The molecule has 2 aromatic carbocycles. The Morgan fingerprint density at radius 3 is 2.52 bits per heavy atom. The predicted molar refractivity (Wildman–Crippen MR) is 106 cm³/mol. The Morgan fingerprint density at radius 1 is 0.889 bits per heavy atom. The van der Waals surface area contributed by atoms with Crippen molar-refractivity contribution in [3.05, 3.63) is 71.9 Å². The zero-order chi connectivity index (χ0) is 18.4. The van der Waals surface area contributed by atoms with Crippen molar-refractivity contribution in [2.75, 3.05) is 5.32 Å². The average molecular weight is 355 g/mol. The monoisotopic (exact) mass is 355 g/mol. The topological polar surface area (TPSA) is 68.8 Å².